The number of rotatable bonds is 5. The van der Waals surface area contributed by atoms with E-state index in [1.807, 2.05) is 13.1 Å². The van der Waals surface area contributed by atoms with Gasteiger partial charge in [0.25, 0.3) is 0 Å². The van der Waals surface area contributed by atoms with Crippen LogP contribution in [0.3, 0.4) is 0 Å². The molecule has 0 amide bonds. The van der Waals surface area contributed by atoms with Crippen LogP contribution < -0.4 is 10.1 Å². The summed E-state index contributed by atoms with van der Waals surface area (Å²) in [7, 11) is 0. The van der Waals surface area contributed by atoms with Gasteiger partial charge in [-0.05, 0) is 32.6 Å². The first kappa shape index (κ1) is 14.3. The fraction of sp³-hybridized carbons (Fsp3) is 0.688. The first-order valence-electron chi connectivity index (χ1n) is 7.50. The van der Waals surface area contributed by atoms with E-state index in [1.54, 1.807) is 0 Å². The van der Waals surface area contributed by atoms with Crippen LogP contribution in [0.25, 0.3) is 0 Å². The average molecular weight is 262 g/mol. The average Bonchev–Trinajstić information content (AvgIpc) is 2.39. The first-order valence-corrected chi connectivity index (χ1v) is 7.50. The van der Waals surface area contributed by atoms with Gasteiger partial charge in [0.1, 0.15) is 5.75 Å². The molecule has 0 aromatic carbocycles. The van der Waals surface area contributed by atoms with Crippen LogP contribution in [0.15, 0.2) is 12.3 Å². The minimum atomic E-state index is 0.397. The summed E-state index contributed by atoms with van der Waals surface area (Å²) in [6.45, 7) is 7.16. The Balaban J connectivity index is 2.05. The molecule has 1 aliphatic carbocycles. The second-order valence-corrected chi connectivity index (χ2v) is 5.85. The Kier molecular flexibility index (Phi) is 5.20. The Labute approximate surface area is 116 Å². The van der Waals surface area contributed by atoms with E-state index in [4.69, 9.17) is 4.74 Å². The number of nitrogens with one attached hydrogen (secondary N) is 1. The van der Waals surface area contributed by atoms with Gasteiger partial charge in [0.15, 0.2) is 0 Å². The van der Waals surface area contributed by atoms with Crippen LogP contribution in [0.2, 0.25) is 0 Å². The summed E-state index contributed by atoms with van der Waals surface area (Å²) in [5.41, 5.74) is 2.20. The molecule has 0 bridgehead atoms. The molecule has 2 rings (SSSR count). The molecular formula is C16H26N2O. The Bertz CT molecular complexity index is 398. The summed E-state index contributed by atoms with van der Waals surface area (Å²) in [6.07, 6.45) is 8.69. The molecular weight excluding hydrogens is 236 g/mol. The number of aryl methyl sites for hydroxylation is 1. The molecule has 1 N–H and O–H groups in total. The second-order valence-electron chi connectivity index (χ2n) is 5.85. The lowest BCUT2D eigenvalue weighted by Gasteiger charge is -2.24. The van der Waals surface area contributed by atoms with Crippen molar-refractivity contribution in [3.8, 4) is 5.75 Å². The van der Waals surface area contributed by atoms with Crippen LogP contribution >= 0.6 is 0 Å². The lowest BCUT2D eigenvalue weighted by molar-refractivity contribution is 0.153. The van der Waals surface area contributed by atoms with Gasteiger partial charge in [0.05, 0.1) is 6.10 Å². The highest BCUT2D eigenvalue weighted by Gasteiger charge is 2.16. The Hall–Kier alpha value is -1.09. The molecule has 0 spiro atoms. The monoisotopic (exact) mass is 262 g/mol. The van der Waals surface area contributed by atoms with Crippen LogP contribution in [0.1, 0.15) is 57.2 Å². The van der Waals surface area contributed by atoms with Crippen molar-refractivity contribution < 1.29 is 4.74 Å². The summed E-state index contributed by atoms with van der Waals surface area (Å²) in [5.74, 6) is 1.02. The highest BCUT2D eigenvalue weighted by molar-refractivity contribution is 5.33. The largest absolute Gasteiger partial charge is 0.490 e. The molecule has 1 aromatic rings. The molecule has 0 unspecified atom stereocenters. The topological polar surface area (TPSA) is 34.1 Å². The quantitative estimate of drug-likeness (QED) is 0.880. The van der Waals surface area contributed by atoms with E-state index in [9.17, 15) is 0 Å². The third-order valence-electron chi connectivity index (χ3n) is 3.63. The molecule has 0 saturated heterocycles. The Morgan fingerprint density at radius 1 is 1.32 bits per heavy atom. The van der Waals surface area contributed by atoms with Crippen molar-refractivity contribution in [1.29, 1.82) is 0 Å². The van der Waals surface area contributed by atoms with E-state index < -0.39 is 0 Å². The maximum atomic E-state index is 6.22. The van der Waals surface area contributed by atoms with Crippen LogP contribution in [-0.2, 0) is 6.54 Å². The van der Waals surface area contributed by atoms with Crippen LogP contribution in [0.4, 0.5) is 0 Å². The van der Waals surface area contributed by atoms with Gasteiger partial charge in [-0.15, -0.1) is 0 Å². The van der Waals surface area contributed by atoms with E-state index in [1.165, 1.54) is 37.7 Å². The van der Waals surface area contributed by atoms with Crippen molar-refractivity contribution in [2.24, 2.45) is 0 Å². The minimum absolute atomic E-state index is 0.397. The van der Waals surface area contributed by atoms with Crippen LogP contribution in [0.5, 0.6) is 5.75 Å². The predicted octanol–water partition coefficient (Wildman–Crippen LogP) is 3.60. The summed E-state index contributed by atoms with van der Waals surface area (Å²) in [5, 5.41) is 3.44. The van der Waals surface area contributed by atoms with Crippen LogP contribution in [0, 0.1) is 6.92 Å². The van der Waals surface area contributed by atoms with Crippen molar-refractivity contribution in [3.63, 3.8) is 0 Å². The number of hydrogen-bond acceptors (Lipinski definition) is 3. The molecule has 0 atom stereocenters. The third-order valence-corrected chi connectivity index (χ3v) is 3.63. The van der Waals surface area contributed by atoms with Gasteiger partial charge in [0, 0.05) is 36.1 Å². The molecule has 3 nitrogen and oxygen atoms in total. The number of hydrogen-bond donors (Lipinski definition) is 1. The molecule has 1 heterocycles. The maximum absolute atomic E-state index is 6.22. The van der Waals surface area contributed by atoms with Gasteiger partial charge < -0.3 is 10.1 Å². The lowest BCUT2D eigenvalue weighted by Crippen LogP contribution is -2.24. The van der Waals surface area contributed by atoms with Gasteiger partial charge in [-0.25, -0.2) is 0 Å². The molecule has 3 heteroatoms. The van der Waals surface area contributed by atoms with Gasteiger partial charge in [-0.1, -0.05) is 20.3 Å². The number of ether oxygens (including phenoxy) is 1. The van der Waals surface area contributed by atoms with Crippen LogP contribution in [-0.4, -0.2) is 17.1 Å². The number of pyridine rings is 1. The SMILES string of the molecule is Cc1cc(OC2CCCCC2)c(CNC(C)C)cn1. The minimum Gasteiger partial charge on any atom is -0.490 e. The fourth-order valence-corrected chi connectivity index (χ4v) is 2.48. The van der Waals surface area contributed by atoms with Crippen molar-refractivity contribution in [3.05, 3.63) is 23.5 Å². The van der Waals surface area contributed by atoms with Gasteiger partial charge in [-0.2, -0.15) is 0 Å². The zero-order valence-electron chi connectivity index (χ0n) is 12.4. The standard InChI is InChI=1S/C16H26N2O/c1-12(2)17-10-14-11-18-13(3)9-16(14)19-15-7-5-4-6-8-15/h9,11-12,15,17H,4-8,10H2,1-3H3. The highest BCUT2D eigenvalue weighted by atomic mass is 16.5. The second kappa shape index (κ2) is 6.90. The number of nitrogens with zero attached hydrogens (tertiary/aromatic N) is 1. The highest BCUT2D eigenvalue weighted by Crippen LogP contribution is 2.26. The van der Waals surface area contributed by atoms with E-state index in [-0.39, 0.29) is 0 Å². The Morgan fingerprint density at radius 2 is 2.05 bits per heavy atom. The number of aromatic nitrogens is 1. The first-order chi connectivity index (χ1) is 9.15. The molecule has 1 saturated carbocycles. The Morgan fingerprint density at radius 3 is 2.74 bits per heavy atom. The summed E-state index contributed by atoms with van der Waals surface area (Å²) < 4.78 is 6.22. The van der Waals surface area contributed by atoms with Crippen molar-refractivity contribution >= 4 is 0 Å². The molecule has 19 heavy (non-hydrogen) atoms. The summed E-state index contributed by atoms with van der Waals surface area (Å²) in [6, 6.07) is 2.55. The fourth-order valence-electron chi connectivity index (χ4n) is 2.48. The lowest BCUT2D eigenvalue weighted by atomic mass is 9.98. The summed E-state index contributed by atoms with van der Waals surface area (Å²) in [4.78, 5) is 4.39. The zero-order chi connectivity index (χ0) is 13.7. The van der Waals surface area contributed by atoms with Crippen molar-refractivity contribution in [1.82, 2.24) is 10.3 Å². The van der Waals surface area contributed by atoms with Gasteiger partial charge >= 0.3 is 0 Å². The normalized spacial score (nSPS) is 16.8. The third kappa shape index (κ3) is 4.50. The molecule has 0 aliphatic heterocycles. The molecule has 1 fully saturated rings. The molecule has 1 aromatic heterocycles. The molecule has 1 aliphatic rings. The van der Waals surface area contributed by atoms with E-state index in [2.05, 4.69) is 30.2 Å². The van der Waals surface area contributed by atoms with E-state index in [0.717, 1.165) is 18.0 Å². The smallest absolute Gasteiger partial charge is 0.127 e. The predicted molar refractivity (Wildman–Crippen MR) is 78.5 cm³/mol. The van der Waals surface area contributed by atoms with Crippen molar-refractivity contribution in [2.75, 3.05) is 0 Å². The molecule has 106 valence electrons. The van der Waals surface area contributed by atoms with E-state index >= 15 is 0 Å². The zero-order valence-corrected chi connectivity index (χ0v) is 12.4. The van der Waals surface area contributed by atoms with Crippen molar-refractivity contribution in [2.45, 2.75) is 71.6 Å². The van der Waals surface area contributed by atoms with Gasteiger partial charge in [-0.3, -0.25) is 4.98 Å². The molecule has 0 radical (unpaired) electrons. The summed E-state index contributed by atoms with van der Waals surface area (Å²) >= 11 is 0. The van der Waals surface area contributed by atoms with Gasteiger partial charge in [0.2, 0.25) is 0 Å². The maximum Gasteiger partial charge on any atom is 0.127 e. The van der Waals surface area contributed by atoms with E-state index in [0.29, 0.717) is 12.1 Å².